The van der Waals surface area contributed by atoms with E-state index in [2.05, 4.69) is 21.2 Å². The van der Waals surface area contributed by atoms with Crippen molar-refractivity contribution in [2.75, 3.05) is 5.32 Å². The van der Waals surface area contributed by atoms with E-state index in [0.717, 1.165) is 11.1 Å². The molecule has 1 aliphatic carbocycles. The molecule has 1 N–H and O–H groups in total. The van der Waals surface area contributed by atoms with Gasteiger partial charge in [-0.2, -0.15) is 0 Å². The van der Waals surface area contributed by atoms with E-state index in [1.54, 1.807) is 0 Å². The number of rotatable bonds is 2. The van der Waals surface area contributed by atoms with E-state index in [1.165, 1.54) is 44.6 Å². The lowest BCUT2D eigenvalue weighted by Gasteiger charge is -2.24. The molecule has 1 atom stereocenters. The Morgan fingerprint density at radius 3 is 2.57 bits per heavy atom. The lowest BCUT2D eigenvalue weighted by Crippen LogP contribution is -2.20. The summed E-state index contributed by atoms with van der Waals surface area (Å²) >= 11 is 3.75. The zero-order chi connectivity index (χ0) is 14.8. The molecule has 1 saturated carbocycles. The largest absolute Gasteiger partial charge is 0.326 e. The van der Waals surface area contributed by atoms with Crippen LogP contribution in [0.2, 0.25) is 0 Å². The molecular weight excluding hydrogens is 333 g/mol. The average molecular weight is 354 g/mol. The maximum atomic E-state index is 14.4. The fraction of sp³-hybridized carbons (Fsp3) is 0.588. The number of anilines is 1. The number of benzene rings is 1. The summed E-state index contributed by atoms with van der Waals surface area (Å²) in [4.78, 5) is 11.5. The molecule has 0 spiro atoms. The van der Waals surface area contributed by atoms with Gasteiger partial charge in [-0.1, -0.05) is 41.6 Å². The molecule has 21 heavy (non-hydrogen) atoms. The van der Waals surface area contributed by atoms with Gasteiger partial charge in [0.15, 0.2) is 0 Å². The minimum atomic E-state index is -0.206. The molecule has 1 amide bonds. The maximum absolute atomic E-state index is 14.4. The lowest BCUT2D eigenvalue weighted by atomic mass is 9.90. The number of hydrogen-bond acceptors (Lipinski definition) is 1. The van der Waals surface area contributed by atoms with Crippen LogP contribution in [0.1, 0.15) is 60.9 Å². The van der Waals surface area contributed by atoms with Crippen molar-refractivity contribution >= 4 is 27.5 Å². The minimum absolute atomic E-state index is 0.0196. The first-order chi connectivity index (χ1) is 10.1. The third kappa shape index (κ3) is 3.31. The van der Waals surface area contributed by atoms with Crippen molar-refractivity contribution in [2.45, 2.75) is 56.2 Å². The van der Waals surface area contributed by atoms with Crippen LogP contribution in [0.15, 0.2) is 12.1 Å². The Morgan fingerprint density at radius 1 is 1.14 bits per heavy atom. The number of carbonyl (C=O) groups is 1. The minimum Gasteiger partial charge on any atom is -0.326 e. The summed E-state index contributed by atoms with van der Waals surface area (Å²) in [5.74, 6) is 0.286. The van der Waals surface area contributed by atoms with Gasteiger partial charge in [0, 0.05) is 22.5 Å². The van der Waals surface area contributed by atoms with E-state index in [-0.39, 0.29) is 16.6 Å². The summed E-state index contributed by atoms with van der Waals surface area (Å²) in [7, 11) is 0. The zero-order valence-electron chi connectivity index (χ0n) is 12.1. The molecule has 0 saturated heterocycles. The highest BCUT2D eigenvalue weighted by atomic mass is 79.9. The van der Waals surface area contributed by atoms with Gasteiger partial charge in [-0.15, -0.1) is 0 Å². The first-order valence-corrected chi connectivity index (χ1v) is 8.83. The molecule has 1 fully saturated rings. The standard InChI is InChI=1S/C17H21BrFNO/c18-17(11-5-3-1-2-4-6-11)13-9-12-7-8-16(21)20-15(12)10-14(13)19/h9-11,17H,1-8H2,(H,20,21). The van der Waals surface area contributed by atoms with Crippen molar-refractivity contribution in [3.63, 3.8) is 0 Å². The Balaban J connectivity index is 1.85. The number of halogens is 2. The van der Waals surface area contributed by atoms with Crippen LogP contribution >= 0.6 is 15.9 Å². The van der Waals surface area contributed by atoms with Crippen molar-refractivity contribution in [2.24, 2.45) is 5.92 Å². The summed E-state index contributed by atoms with van der Waals surface area (Å²) in [6.07, 6.45) is 8.63. The van der Waals surface area contributed by atoms with Gasteiger partial charge in [0.2, 0.25) is 5.91 Å². The summed E-state index contributed by atoms with van der Waals surface area (Å²) in [6, 6.07) is 3.45. The number of carbonyl (C=O) groups excluding carboxylic acids is 1. The summed E-state index contributed by atoms with van der Waals surface area (Å²) in [5.41, 5.74) is 2.47. The molecule has 1 aromatic carbocycles. The van der Waals surface area contributed by atoms with Gasteiger partial charge in [0.25, 0.3) is 0 Å². The molecule has 0 radical (unpaired) electrons. The van der Waals surface area contributed by atoms with Gasteiger partial charge in [-0.05, 0) is 42.9 Å². The van der Waals surface area contributed by atoms with Crippen molar-refractivity contribution in [3.8, 4) is 0 Å². The van der Waals surface area contributed by atoms with Crippen LogP contribution in [0.3, 0.4) is 0 Å². The Hall–Kier alpha value is -0.900. The van der Waals surface area contributed by atoms with E-state index in [1.807, 2.05) is 6.07 Å². The maximum Gasteiger partial charge on any atom is 0.224 e. The van der Waals surface area contributed by atoms with Crippen LogP contribution in [-0.4, -0.2) is 5.91 Å². The van der Waals surface area contributed by atoms with Gasteiger partial charge < -0.3 is 5.32 Å². The molecule has 3 rings (SSSR count). The summed E-state index contributed by atoms with van der Waals surface area (Å²) in [6.45, 7) is 0. The Labute approximate surface area is 133 Å². The van der Waals surface area contributed by atoms with Crippen LogP contribution in [0.5, 0.6) is 0 Å². The summed E-state index contributed by atoms with van der Waals surface area (Å²) < 4.78 is 14.4. The number of fused-ring (bicyclic) bond motifs is 1. The van der Waals surface area contributed by atoms with E-state index in [4.69, 9.17) is 0 Å². The Bertz CT molecular complexity index is 538. The van der Waals surface area contributed by atoms with Gasteiger partial charge in [-0.3, -0.25) is 4.79 Å². The predicted octanol–water partition coefficient (Wildman–Crippen LogP) is 5.12. The van der Waals surface area contributed by atoms with Gasteiger partial charge >= 0.3 is 0 Å². The zero-order valence-corrected chi connectivity index (χ0v) is 13.7. The highest BCUT2D eigenvalue weighted by Gasteiger charge is 2.26. The second-order valence-electron chi connectivity index (χ2n) is 6.23. The Morgan fingerprint density at radius 2 is 1.86 bits per heavy atom. The fourth-order valence-electron chi connectivity index (χ4n) is 3.49. The molecule has 2 aliphatic rings. The predicted molar refractivity (Wildman–Crippen MR) is 86.2 cm³/mol. The fourth-order valence-corrected chi connectivity index (χ4v) is 4.37. The van der Waals surface area contributed by atoms with Gasteiger partial charge in [-0.25, -0.2) is 4.39 Å². The lowest BCUT2D eigenvalue weighted by molar-refractivity contribution is -0.116. The quantitative estimate of drug-likeness (QED) is 0.580. The van der Waals surface area contributed by atoms with Crippen LogP contribution in [0, 0.1) is 11.7 Å². The molecular formula is C17H21BrFNO. The number of alkyl halides is 1. The first kappa shape index (κ1) is 15.0. The van der Waals surface area contributed by atoms with E-state index in [0.29, 0.717) is 24.4 Å². The van der Waals surface area contributed by atoms with Crippen molar-refractivity contribution in [1.82, 2.24) is 0 Å². The van der Waals surface area contributed by atoms with Crippen LogP contribution < -0.4 is 5.32 Å². The first-order valence-electron chi connectivity index (χ1n) is 7.91. The number of nitrogens with one attached hydrogen (secondary N) is 1. The number of hydrogen-bond donors (Lipinski definition) is 1. The molecule has 1 heterocycles. The number of amides is 1. The smallest absolute Gasteiger partial charge is 0.224 e. The molecule has 1 aliphatic heterocycles. The highest BCUT2D eigenvalue weighted by Crippen LogP contribution is 2.41. The SMILES string of the molecule is O=C1CCc2cc(C(Br)C3CCCCCC3)c(F)cc2N1. The molecule has 0 bridgehead atoms. The molecule has 2 nitrogen and oxygen atoms in total. The van der Waals surface area contributed by atoms with Crippen LogP contribution in [0.4, 0.5) is 10.1 Å². The van der Waals surface area contributed by atoms with E-state index in [9.17, 15) is 9.18 Å². The van der Waals surface area contributed by atoms with Gasteiger partial charge in [0.05, 0.1) is 0 Å². The van der Waals surface area contributed by atoms with Crippen LogP contribution in [-0.2, 0) is 11.2 Å². The molecule has 1 aromatic rings. The van der Waals surface area contributed by atoms with Crippen molar-refractivity contribution < 1.29 is 9.18 Å². The second-order valence-corrected chi connectivity index (χ2v) is 7.22. The Kier molecular flexibility index (Phi) is 4.63. The highest BCUT2D eigenvalue weighted by molar-refractivity contribution is 9.09. The molecule has 114 valence electrons. The normalized spacial score (nSPS) is 21.3. The third-order valence-electron chi connectivity index (χ3n) is 4.73. The third-order valence-corrected chi connectivity index (χ3v) is 5.97. The van der Waals surface area contributed by atoms with E-state index < -0.39 is 0 Å². The summed E-state index contributed by atoms with van der Waals surface area (Å²) in [5, 5.41) is 2.76. The second kappa shape index (κ2) is 6.47. The van der Waals surface area contributed by atoms with Crippen molar-refractivity contribution in [3.05, 3.63) is 29.1 Å². The van der Waals surface area contributed by atoms with E-state index >= 15 is 0 Å². The monoisotopic (exact) mass is 353 g/mol. The molecule has 0 aromatic heterocycles. The van der Waals surface area contributed by atoms with Crippen LogP contribution in [0.25, 0.3) is 0 Å². The van der Waals surface area contributed by atoms with Crippen molar-refractivity contribution in [1.29, 1.82) is 0 Å². The topological polar surface area (TPSA) is 29.1 Å². The van der Waals surface area contributed by atoms with Gasteiger partial charge in [0.1, 0.15) is 5.82 Å². The molecule has 4 heteroatoms. The average Bonchev–Trinajstić information content (AvgIpc) is 2.74. The molecule has 1 unspecified atom stereocenters. The number of aryl methyl sites for hydroxylation is 1.